The number of carbonyl (C=O) groups excluding carboxylic acids is 1. The van der Waals surface area contributed by atoms with Gasteiger partial charge in [0.2, 0.25) is 0 Å². The summed E-state index contributed by atoms with van der Waals surface area (Å²) in [6, 6.07) is 11.8. The van der Waals surface area contributed by atoms with Crippen molar-refractivity contribution in [3.63, 3.8) is 0 Å². The summed E-state index contributed by atoms with van der Waals surface area (Å²) in [5, 5.41) is 6.29. The summed E-state index contributed by atoms with van der Waals surface area (Å²) in [7, 11) is 0. The van der Waals surface area contributed by atoms with Gasteiger partial charge in [0.05, 0.1) is 0 Å². The van der Waals surface area contributed by atoms with E-state index in [1.54, 1.807) is 0 Å². The number of anilines is 1. The maximum absolute atomic E-state index is 12.3. The predicted molar refractivity (Wildman–Crippen MR) is 99.4 cm³/mol. The van der Waals surface area contributed by atoms with Gasteiger partial charge in [-0.05, 0) is 54.3 Å². The van der Waals surface area contributed by atoms with Crippen molar-refractivity contribution in [2.75, 3.05) is 31.6 Å². The molecule has 5 nitrogen and oxygen atoms in total. The minimum Gasteiger partial charge on any atom is -0.486 e. The molecule has 25 heavy (non-hydrogen) atoms. The van der Waals surface area contributed by atoms with Crippen LogP contribution in [0.3, 0.4) is 0 Å². The molecule has 0 bridgehead atoms. The van der Waals surface area contributed by atoms with Gasteiger partial charge in [-0.3, -0.25) is 4.79 Å². The first-order chi connectivity index (χ1) is 11.8. The molecule has 0 spiro atoms. The molecule has 0 aromatic heterocycles. The van der Waals surface area contributed by atoms with E-state index in [4.69, 9.17) is 9.47 Å². The van der Waals surface area contributed by atoms with Gasteiger partial charge in [0.25, 0.3) is 5.91 Å². The second kappa shape index (κ2) is 7.66. The van der Waals surface area contributed by atoms with Crippen molar-refractivity contribution in [2.45, 2.75) is 12.8 Å². The molecular weight excluding hydrogens is 340 g/mol. The Morgan fingerprint density at radius 1 is 1.08 bits per heavy atom. The number of hydrogen-bond acceptors (Lipinski definition) is 4. The Hall–Kier alpha value is -2.40. The second-order valence-corrected chi connectivity index (χ2v) is 6.03. The molecule has 0 atom stereocenters. The van der Waals surface area contributed by atoms with Crippen molar-refractivity contribution in [3.8, 4) is 11.5 Å². The average molecular weight is 361 g/mol. The fourth-order valence-corrected chi connectivity index (χ4v) is 3.11. The molecule has 6 heteroatoms. The first-order valence-corrected chi connectivity index (χ1v) is 8.33. The van der Waals surface area contributed by atoms with Crippen LogP contribution in [0.1, 0.15) is 21.5 Å². The lowest BCUT2D eigenvalue weighted by molar-refractivity contribution is 0.0954. The normalized spacial score (nSPS) is 14.1. The number of amides is 1. The Kier molecular flexibility index (Phi) is 5.34. The van der Waals surface area contributed by atoms with Crippen molar-refractivity contribution >= 4 is 24.0 Å². The van der Waals surface area contributed by atoms with Gasteiger partial charge in [0, 0.05) is 24.3 Å². The Morgan fingerprint density at radius 3 is 2.80 bits per heavy atom. The van der Waals surface area contributed by atoms with E-state index in [-0.39, 0.29) is 18.3 Å². The summed E-state index contributed by atoms with van der Waals surface area (Å²) in [5.41, 5.74) is 4.20. The van der Waals surface area contributed by atoms with Crippen LogP contribution in [0.25, 0.3) is 0 Å². The lowest BCUT2D eigenvalue weighted by Crippen LogP contribution is -2.25. The summed E-state index contributed by atoms with van der Waals surface area (Å²) >= 11 is 0. The quantitative estimate of drug-likeness (QED) is 0.880. The molecule has 1 amide bonds. The highest BCUT2D eigenvalue weighted by molar-refractivity contribution is 5.95. The minimum absolute atomic E-state index is 0. The topological polar surface area (TPSA) is 59.6 Å². The molecule has 2 aromatic rings. The van der Waals surface area contributed by atoms with Gasteiger partial charge in [0.1, 0.15) is 13.2 Å². The molecule has 0 aliphatic carbocycles. The van der Waals surface area contributed by atoms with E-state index in [0.29, 0.717) is 19.8 Å². The Bertz CT molecular complexity index is 779. The molecule has 0 saturated carbocycles. The number of hydrogen-bond donors (Lipinski definition) is 2. The number of rotatable bonds is 4. The Labute approximate surface area is 153 Å². The van der Waals surface area contributed by atoms with E-state index in [1.165, 1.54) is 5.56 Å². The number of benzene rings is 2. The van der Waals surface area contributed by atoms with E-state index in [0.717, 1.165) is 47.7 Å². The fourth-order valence-electron chi connectivity index (χ4n) is 3.11. The van der Waals surface area contributed by atoms with Gasteiger partial charge < -0.3 is 20.1 Å². The molecule has 0 saturated heterocycles. The fraction of sp³-hybridized carbons (Fsp3) is 0.316. The van der Waals surface area contributed by atoms with Crippen LogP contribution >= 0.6 is 12.4 Å². The average Bonchev–Trinajstić information content (AvgIpc) is 3.09. The van der Waals surface area contributed by atoms with Gasteiger partial charge >= 0.3 is 0 Å². The molecule has 0 fully saturated rings. The van der Waals surface area contributed by atoms with Crippen LogP contribution in [0, 0.1) is 0 Å². The predicted octanol–water partition coefficient (Wildman–Crippen LogP) is 2.82. The molecule has 2 aliphatic heterocycles. The van der Waals surface area contributed by atoms with Crippen LogP contribution in [0.2, 0.25) is 0 Å². The number of halogens is 1. The molecule has 2 N–H and O–H groups in total. The zero-order valence-corrected chi connectivity index (χ0v) is 14.7. The largest absolute Gasteiger partial charge is 0.486 e. The zero-order valence-electron chi connectivity index (χ0n) is 13.8. The minimum atomic E-state index is -0.0257. The highest BCUT2D eigenvalue weighted by atomic mass is 35.5. The zero-order chi connectivity index (χ0) is 16.4. The van der Waals surface area contributed by atoms with E-state index in [1.807, 2.05) is 36.4 Å². The highest BCUT2D eigenvalue weighted by Gasteiger charge is 2.14. The summed E-state index contributed by atoms with van der Waals surface area (Å²) in [4.78, 5) is 12.3. The maximum atomic E-state index is 12.3. The lowest BCUT2D eigenvalue weighted by Gasteiger charge is -2.18. The lowest BCUT2D eigenvalue weighted by atomic mass is 10.1. The van der Waals surface area contributed by atoms with Crippen LogP contribution in [-0.4, -0.2) is 32.2 Å². The van der Waals surface area contributed by atoms with Crippen LogP contribution < -0.4 is 20.1 Å². The summed E-state index contributed by atoms with van der Waals surface area (Å²) in [5.74, 6) is 1.55. The SMILES string of the molecule is Cl.O=C(NCCc1ccc2c(c1)OCCO2)c1ccc2c(c1)CCN2. The molecule has 132 valence electrons. The van der Waals surface area contributed by atoms with Crippen molar-refractivity contribution in [3.05, 3.63) is 53.1 Å². The molecule has 2 aromatic carbocycles. The highest BCUT2D eigenvalue weighted by Crippen LogP contribution is 2.30. The molecular formula is C19H21ClN2O3. The van der Waals surface area contributed by atoms with E-state index >= 15 is 0 Å². The number of fused-ring (bicyclic) bond motifs is 2. The summed E-state index contributed by atoms with van der Waals surface area (Å²) in [6.07, 6.45) is 1.74. The van der Waals surface area contributed by atoms with Crippen LogP contribution in [0.4, 0.5) is 5.69 Å². The molecule has 2 heterocycles. The maximum Gasteiger partial charge on any atom is 0.251 e. The number of carbonyl (C=O) groups is 1. The van der Waals surface area contributed by atoms with Crippen molar-refractivity contribution in [1.29, 1.82) is 0 Å². The van der Waals surface area contributed by atoms with Gasteiger partial charge in [-0.25, -0.2) is 0 Å². The van der Waals surface area contributed by atoms with E-state index < -0.39 is 0 Å². The third-order valence-electron chi connectivity index (χ3n) is 4.38. The van der Waals surface area contributed by atoms with Gasteiger partial charge in [0.15, 0.2) is 11.5 Å². The monoisotopic (exact) mass is 360 g/mol. The smallest absolute Gasteiger partial charge is 0.251 e. The van der Waals surface area contributed by atoms with Crippen LogP contribution in [0.5, 0.6) is 11.5 Å². The molecule has 0 unspecified atom stereocenters. The van der Waals surface area contributed by atoms with E-state index in [2.05, 4.69) is 10.6 Å². The molecule has 4 rings (SSSR count). The first kappa shape index (κ1) is 17.4. The molecule has 2 aliphatic rings. The second-order valence-electron chi connectivity index (χ2n) is 6.03. The number of ether oxygens (including phenoxy) is 2. The van der Waals surface area contributed by atoms with E-state index in [9.17, 15) is 4.79 Å². The van der Waals surface area contributed by atoms with Gasteiger partial charge in [-0.15, -0.1) is 12.4 Å². The Morgan fingerprint density at radius 2 is 1.92 bits per heavy atom. The standard InChI is InChI=1S/C19H20N2O3.ClH/c22-19(15-2-3-16-14(12-15)6-8-20-16)21-7-5-13-1-4-17-18(11-13)24-10-9-23-17;/h1-4,11-12,20H,5-10H2,(H,21,22);1H. The van der Waals surface area contributed by atoms with Crippen molar-refractivity contribution < 1.29 is 14.3 Å². The van der Waals surface area contributed by atoms with Gasteiger partial charge in [-0.1, -0.05) is 6.07 Å². The number of nitrogens with one attached hydrogen (secondary N) is 2. The molecule has 0 radical (unpaired) electrons. The van der Waals surface area contributed by atoms with Crippen LogP contribution in [0.15, 0.2) is 36.4 Å². The third kappa shape index (κ3) is 3.82. The first-order valence-electron chi connectivity index (χ1n) is 8.33. The summed E-state index contributed by atoms with van der Waals surface area (Å²) < 4.78 is 11.1. The van der Waals surface area contributed by atoms with Crippen LogP contribution in [-0.2, 0) is 12.8 Å². The summed E-state index contributed by atoms with van der Waals surface area (Å²) in [6.45, 7) is 2.72. The Balaban J connectivity index is 0.00000182. The third-order valence-corrected chi connectivity index (χ3v) is 4.38. The van der Waals surface area contributed by atoms with Gasteiger partial charge in [-0.2, -0.15) is 0 Å². The van der Waals surface area contributed by atoms with Crippen molar-refractivity contribution in [1.82, 2.24) is 5.32 Å². The van der Waals surface area contributed by atoms with Crippen molar-refractivity contribution in [2.24, 2.45) is 0 Å².